The van der Waals surface area contributed by atoms with Crippen molar-refractivity contribution in [1.29, 1.82) is 0 Å². The van der Waals surface area contributed by atoms with Crippen LogP contribution in [0.3, 0.4) is 0 Å². The van der Waals surface area contributed by atoms with Crippen LogP contribution in [0, 0.1) is 13.8 Å². The Morgan fingerprint density at radius 1 is 0.926 bits per heavy atom. The van der Waals surface area contributed by atoms with Gasteiger partial charge in [0.05, 0.1) is 0 Å². The second kappa shape index (κ2) is 5.90. The van der Waals surface area contributed by atoms with Gasteiger partial charge in [0.25, 0.3) is 10.1 Å². The predicted molar refractivity (Wildman–Crippen MR) is 106 cm³/mol. The number of benzene rings is 4. The number of carbonyl (C=O) groups excluding carboxylic acids is 1. The molecular formula is C21H18O5S. The van der Waals surface area contributed by atoms with Crippen molar-refractivity contribution in [2.24, 2.45) is 0 Å². The monoisotopic (exact) mass is 382 g/mol. The summed E-state index contributed by atoms with van der Waals surface area (Å²) in [6.45, 7) is 5.24. The van der Waals surface area contributed by atoms with E-state index in [2.05, 4.69) is 6.07 Å². The number of carbonyl (C=O) groups is 1. The minimum Gasteiger partial charge on any atom is -0.485 e. The molecule has 27 heavy (non-hydrogen) atoms. The van der Waals surface area contributed by atoms with Crippen LogP contribution in [0.4, 0.5) is 0 Å². The van der Waals surface area contributed by atoms with Crippen LogP contribution in [-0.2, 0) is 14.9 Å². The summed E-state index contributed by atoms with van der Waals surface area (Å²) in [5.41, 5.74) is 2.16. The first-order chi connectivity index (χ1) is 12.7. The third kappa shape index (κ3) is 2.72. The quantitative estimate of drug-likeness (QED) is 0.417. The molecule has 0 saturated heterocycles. The van der Waals surface area contributed by atoms with Gasteiger partial charge in [-0.1, -0.05) is 24.3 Å². The summed E-state index contributed by atoms with van der Waals surface area (Å²) in [5.74, 6) is 0.0830. The van der Waals surface area contributed by atoms with E-state index >= 15 is 0 Å². The lowest BCUT2D eigenvalue weighted by atomic mass is 9.90. The highest BCUT2D eigenvalue weighted by Crippen LogP contribution is 2.43. The van der Waals surface area contributed by atoms with E-state index in [1.165, 1.54) is 13.0 Å². The first kappa shape index (κ1) is 17.7. The highest BCUT2D eigenvalue weighted by Gasteiger charge is 2.22. The van der Waals surface area contributed by atoms with Crippen LogP contribution in [-0.4, -0.2) is 25.4 Å². The number of hydrogen-bond donors (Lipinski definition) is 1. The Bertz CT molecular complexity index is 1310. The number of hydrogen-bond acceptors (Lipinski definition) is 4. The van der Waals surface area contributed by atoms with Crippen LogP contribution in [0.15, 0.2) is 41.3 Å². The molecule has 0 saturated carbocycles. The lowest BCUT2D eigenvalue weighted by Crippen LogP contribution is -2.08. The largest absolute Gasteiger partial charge is 0.485 e. The molecule has 0 aliphatic carbocycles. The number of rotatable bonds is 4. The van der Waals surface area contributed by atoms with Crippen LogP contribution >= 0.6 is 0 Å². The van der Waals surface area contributed by atoms with Gasteiger partial charge in [-0.15, -0.1) is 0 Å². The fourth-order valence-electron chi connectivity index (χ4n) is 3.83. The average molecular weight is 382 g/mol. The molecule has 0 unspecified atom stereocenters. The molecule has 0 atom stereocenters. The van der Waals surface area contributed by atoms with E-state index in [0.717, 1.165) is 27.3 Å². The standard InChI is InChI=1S/C21H18O5S/c1-11-8-12(2)15-5-7-17-19(27(23,24)25)9-18(26-10-13(3)22)16-6-4-14(11)20(15)21(16)17/h4-9H,10H2,1-3H3,(H,23,24,25). The second-order valence-corrected chi connectivity index (χ2v) is 8.31. The Labute approximate surface area is 156 Å². The van der Waals surface area contributed by atoms with Crippen LogP contribution < -0.4 is 4.74 Å². The van der Waals surface area contributed by atoms with Crippen molar-refractivity contribution in [1.82, 2.24) is 0 Å². The minimum absolute atomic E-state index is 0.174. The molecular weight excluding hydrogens is 364 g/mol. The van der Waals surface area contributed by atoms with Gasteiger partial charge in [0.2, 0.25) is 0 Å². The predicted octanol–water partition coefficient (Wildman–Crippen LogP) is 4.42. The molecule has 0 bridgehead atoms. The molecule has 0 aliphatic heterocycles. The molecule has 1 N–H and O–H groups in total. The molecule has 0 aliphatic rings. The van der Waals surface area contributed by atoms with Crippen molar-refractivity contribution < 1.29 is 22.5 Å². The minimum atomic E-state index is -4.47. The van der Waals surface area contributed by atoms with Gasteiger partial charge >= 0.3 is 0 Å². The molecule has 0 amide bonds. The molecule has 0 heterocycles. The summed E-state index contributed by atoms with van der Waals surface area (Å²) in [7, 11) is -4.47. The fourth-order valence-corrected chi connectivity index (χ4v) is 4.53. The normalized spacial score (nSPS) is 12.3. The zero-order valence-corrected chi connectivity index (χ0v) is 16.0. The van der Waals surface area contributed by atoms with Gasteiger partial charge in [0.15, 0.2) is 5.78 Å². The number of Topliss-reactive ketones (excluding diaryl/α,β-unsaturated/α-hetero) is 1. The first-order valence-electron chi connectivity index (χ1n) is 8.50. The Morgan fingerprint density at radius 3 is 2.00 bits per heavy atom. The molecule has 6 heteroatoms. The lowest BCUT2D eigenvalue weighted by Gasteiger charge is -2.18. The third-order valence-corrected chi connectivity index (χ3v) is 5.84. The van der Waals surface area contributed by atoms with Crippen LogP contribution in [0.2, 0.25) is 0 Å². The molecule has 0 radical (unpaired) electrons. The second-order valence-electron chi connectivity index (χ2n) is 6.92. The van der Waals surface area contributed by atoms with Crippen molar-refractivity contribution in [3.05, 3.63) is 47.5 Å². The molecule has 0 spiro atoms. The first-order valence-corrected chi connectivity index (χ1v) is 9.94. The van der Waals surface area contributed by atoms with E-state index in [0.29, 0.717) is 16.2 Å². The Balaban J connectivity index is 2.25. The Hall–Kier alpha value is -2.70. The molecule has 0 fully saturated rings. The molecule has 4 aromatic carbocycles. The van der Waals surface area contributed by atoms with Crippen LogP contribution in [0.5, 0.6) is 5.75 Å². The maximum Gasteiger partial charge on any atom is 0.295 e. The van der Waals surface area contributed by atoms with Gasteiger partial charge in [-0.2, -0.15) is 8.42 Å². The van der Waals surface area contributed by atoms with E-state index in [-0.39, 0.29) is 23.0 Å². The van der Waals surface area contributed by atoms with Gasteiger partial charge in [-0.25, -0.2) is 0 Å². The Morgan fingerprint density at radius 2 is 1.44 bits per heavy atom. The summed E-state index contributed by atoms with van der Waals surface area (Å²) in [6, 6.07) is 10.8. The molecule has 0 aromatic heterocycles. The summed E-state index contributed by atoms with van der Waals surface area (Å²) >= 11 is 0. The van der Waals surface area contributed by atoms with Gasteiger partial charge in [-0.05, 0) is 54.1 Å². The highest BCUT2D eigenvalue weighted by molar-refractivity contribution is 7.86. The number of ether oxygens (including phenoxy) is 1. The topological polar surface area (TPSA) is 80.7 Å². The van der Waals surface area contributed by atoms with Crippen LogP contribution in [0.25, 0.3) is 32.3 Å². The smallest absolute Gasteiger partial charge is 0.295 e. The molecule has 138 valence electrons. The molecule has 4 aromatic rings. The van der Waals surface area contributed by atoms with Gasteiger partial charge < -0.3 is 4.74 Å². The van der Waals surface area contributed by atoms with Crippen molar-refractivity contribution in [3.8, 4) is 5.75 Å². The van der Waals surface area contributed by atoms with Crippen molar-refractivity contribution >= 4 is 48.2 Å². The lowest BCUT2D eigenvalue weighted by molar-refractivity contribution is -0.118. The maximum atomic E-state index is 12.0. The zero-order chi connectivity index (χ0) is 19.5. The number of aryl methyl sites for hydroxylation is 2. The van der Waals surface area contributed by atoms with Gasteiger partial charge in [0, 0.05) is 22.2 Å². The fraction of sp³-hybridized carbons (Fsp3) is 0.190. The van der Waals surface area contributed by atoms with E-state index in [9.17, 15) is 17.8 Å². The maximum absolute atomic E-state index is 12.0. The van der Waals surface area contributed by atoms with E-state index in [4.69, 9.17) is 4.74 Å². The van der Waals surface area contributed by atoms with Gasteiger partial charge in [0.1, 0.15) is 17.3 Å². The molecule has 4 rings (SSSR count). The average Bonchev–Trinajstić information content (AvgIpc) is 2.59. The number of ketones is 1. The van der Waals surface area contributed by atoms with Crippen molar-refractivity contribution in [2.75, 3.05) is 6.61 Å². The van der Waals surface area contributed by atoms with Crippen LogP contribution in [0.1, 0.15) is 18.1 Å². The summed E-state index contributed by atoms with van der Waals surface area (Å²) in [5, 5.41) is 4.82. The summed E-state index contributed by atoms with van der Waals surface area (Å²) in [4.78, 5) is 11.1. The van der Waals surface area contributed by atoms with E-state index in [1.54, 1.807) is 6.07 Å². The zero-order valence-electron chi connectivity index (χ0n) is 15.2. The Kier molecular flexibility index (Phi) is 3.87. The van der Waals surface area contributed by atoms with E-state index in [1.807, 2.05) is 32.0 Å². The van der Waals surface area contributed by atoms with E-state index < -0.39 is 10.1 Å². The SMILES string of the molecule is CC(=O)COc1cc(S(=O)(=O)O)c2ccc3c(C)cc(C)c4ccc1c2c43. The summed E-state index contributed by atoms with van der Waals surface area (Å²) in [6.07, 6.45) is 0. The van der Waals surface area contributed by atoms with Gasteiger partial charge in [-0.3, -0.25) is 9.35 Å². The third-order valence-electron chi connectivity index (χ3n) is 4.95. The summed E-state index contributed by atoms with van der Waals surface area (Å²) < 4.78 is 39.4. The highest BCUT2D eigenvalue weighted by atomic mass is 32.2. The van der Waals surface area contributed by atoms with Crippen molar-refractivity contribution in [3.63, 3.8) is 0 Å². The molecule has 5 nitrogen and oxygen atoms in total. The van der Waals surface area contributed by atoms with Crippen molar-refractivity contribution in [2.45, 2.75) is 25.7 Å².